The molecule has 0 amide bonds. The highest BCUT2D eigenvalue weighted by atomic mass is 32.2. The maximum absolute atomic E-state index is 12.7. The molecule has 0 bridgehead atoms. The molecule has 0 radical (unpaired) electrons. The molecule has 3 rings (SSSR count). The molecule has 0 saturated carbocycles. The predicted molar refractivity (Wildman–Crippen MR) is 105 cm³/mol. The van der Waals surface area contributed by atoms with E-state index in [0.717, 1.165) is 57.6 Å². The van der Waals surface area contributed by atoms with Crippen molar-refractivity contribution in [1.82, 2.24) is 14.2 Å². The van der Waals surface area contributed by atoms with Crippen molar-refractivity contribution >= 4 is 15.8 Å². The smallest absolute Gasteiger partial charge is 0.244 e. The fourth-order valence-corrected chi connectivity index (χ4v) is 5.32. The third-order valence-electron chi connectivity index (χ3n) is 5.25. The second-order valence-electron chi connectivity index (χ2n) is 7.96. The zero-order valence-electron chi connectivity index (χ0n) is 16.0. The largest absolute Gasteiger partial charge is 0.367 e. The van der Waals surface area contributed by atoms with E-state index in [4.69, 9.17) is 0 Å². The summed E-state index contributed by atoms with van der Waals surface area (Å²) < 4.78 is 26.9. The highest BCUT2D eigenvalue weighted by Crippen LogP contribution is 2.22. The van der Waals surface area contributed by atoms with E-state index in [0.29, 0.717) is 29.9 Å². The molecule has 2 fully saturated rings. The van der Waals surface area contributed by atoms with E-state index < -0.39 is 10.0 Å². The Kier molecular flexibility index (Phi) is 6.53. The second-order valence-corrected chi connectivity index (χ2v) is 9.89. The third-order valence-corrected chi connectivity index (χ3v) is 7.13. The Labute approximate surface area is 158 Å². The van der Waals surface area contributed by atoms with E-state index in [2.05, 4.69) is 29.0 Å². The van der Waals surface area contributed by atoms with E-state index in [9.17, 15) is 8.42 Å². The van der Waals surface area contributed by atoms with Crippen molar-refractivity contribution < 1.29 is 8.42 Å². The number of hydrogen-bond acceptors (Lipinski definition) is 5. The number of sulfonamides is 1. The zero-order chi connectivity index (χ0) is 18.6. The summed E-state index contributed by atoms with van der Waals surface area (Å²) in [5, 5.41) is 3.47. The van der Waals surface area contributed by atoms with Crippen LogP contribution in [-0.4, -0.2) is 61.4 Å². The van der Waals surface area contributed by atoms with E-state index in [1.54, 1.807) is 16.4 Å². The summed E-state index contributed by atoms with van der Waals surface area (Å²) in [6.45, 7) is 9.14. The molecule has 2 saturated heterocycles. The summed E-state index contributed by atoms with van der Waals surface area (Å²) in [6, 6.07) is 3.90. The molecule has 1 aromatic heterocycles. The lowest BCUT2D eigenvalue weighted by Gasteiger charge is -2.33. The molecule has 26 heavy (non-hydrogen) atoms. The van der Waals surface area contributed by atoms with E-state index in [1.165, 1.54) is 6.20 Å². The van der Waals surface area contributed by atoms with Crippen LogP contribution in [0.25, 0.3) is 0 Å². The molecule has 146 valence electrons. The normalized spacial score (nSPS) is 21.2. The van der Waals surface area contributed by atoms with Gasteiger partial charge in [-0.15, -0.1) is 0 Å². The first-order valence-electron chi connectivity index (χ1n) is 9.90. The van der Waals surface area contributed by atoms with Gasteiger partial charge in [-0.1, -0.05) is 20.3 Å². The molecule has 0 atom stereocenters. The Morgan fingerprint density at radius 2 is 1.81 bits per heavy atom. The highest BCUT2D eigenvalue weighted by Gasteiger charge is 2.26. The summed E-state index contributed by atoms with van der Waals surface area (Å²) in [5.41, 5.74) is 0. The predicted octanol–water partition coefficient (Wildman–Crippen LogP) is 2.79. The molecule has 1 N–H and O–H groups in total. The number of hydrogen-bond donors (Lipinski definition) is 1. The number of aromatic nitrogens is 1. The van der Waals surface area contributed by atoms with E-state index in [-0.39, 0.29) is 0 Å². The van der Waals surface area contributed by atoms with Crippen LogP contribution in [0.15, 0.2) is 23.2 Å². The summed E-state index contributed by atoms with van der Waals surface area (Å²) in [5.74, 6) is 1.47. The van der Waals surface area contributed by atoms with Gasteiger partial charge in [0.1, 0.15) is 10.7 Å². The van der Waals surface area contributed by atoms with Crippen molar-refractivity contribution in [3.63, 3.8) is 0 Å². The monoisotopic (exact) mass is 380 g/mol. The van der Waals surface area contributed by atoms with Gasteiger partial charge < -0.3 is 10.2 Å². The Morgan fingerprint density at radius 1 is 1.12 bits per heavy atom. The molecule has 6 nitrogen and oxygen atoms in total. The summed E-state index contributed by atoms with van der Waals surface area (Å²) in [4.78, 5) is 7.19. The number of pyridine rings is 1. The minimum absolute atomic E-state index is 0.303. The maximum atomic E-state index is 12.7. The van der Waals surface area contributed by atoms with Gasteiger partial charge in [0, 0.05) is 45.0 Å². The van der Waals surface area contributed by atoms with Crippen molar-refractivity contribution in [1.29, 1.82) is 0 Å². The SMILES string of the molecule is CC(C)CN1CCC(Nc2ccc(S(=O)(=O)N3CCCCC3)cn2)CC1. The lowest BCUT2D eigenvalue weighted by atomic mass is 10.0. The minimum Gasteiger partial charge on any atom is -0.367 e. The molecular weight excluding hydrogens is 348 g/mol. The summed E-state index contributed by atoms with van der Waals surface area (Å²) in [7, 11) is -3.39. The molecule has 0 aliphatic carbocycles. The van der Waals surface area contributed by atoms with Gasteiger partial charge in [0.15, 0.2) is 0 Å². The molecular formula is C19H32N4O2S. The van der Waals surface area contributed by atoms with Crippen molar-refractivity contribution in [3.8, 4) is 0 Å². The Bertz CT molecular complexity index is 661. The molecule has 0 unspecified atom stereocenters. The number of piperidine rings is 2. The van der Waals surface area contributed by atoms with Gasteiger partial charge in [-0.2, -0.15) is 4.31 Å². The lowest BCUT2D eigenvalue weighted by molar-refractivity contribution is 0.198. The molecule has 7 heteroatoms. The van der Waals surface area contributed by atoms with Gasteiger partial charge >= 0.3 is 0 Å². The minimum atomic E-state index is -3.39. The van der Waals surface area contributed by atoms with Crippen LogP contribution in [0.2, 0.25) is 0 Å². The van der Waals surface area contributed by atoms with Crippen LogP contribution in [0.4, 0.5) is 5.82 Å². The standard InChI is InChI=1S/C19H32N4O2S/c1-16(2)15-22-12-8-17(9-13-22)21-19-7-6-18(14-20-19)26(24,25)23-10-4-3-5-11-23/h6-7,14,16-17H,3-5,8-13,15H2,1-2H3,(H,20,21). The van der Waals surface area contributed by atoms with Crippen LogP contribution in [0, 0.1) is 5.92 Å². The highest BCUT2D eigenvalue weighted by molar-refractivity contribution is 7.89. The van der Waals surface area contributed by atoms with Crippen LogP contribution >= 0.6 is 0 Å². The molecule has 0 aromatic carbocycles. The Morgan fingerprint density at radius 3 is 2.38 bits per heavy atom. The van der Waals surface area contributed by atoms with Gasteiger partial charge in [0.25, 0.3) is 0 Å². The number of anilines is 1. The quantitative estimate of drug-likeness (QED) is 0.822. The van der Waals surface area contributed by atoms with Crippen molar-refractivity contribution in [2.45, 2.75) is 56.9 Å². The van der Waals surface area contributed by atoms with Crippen LogP contribution in [0.5, 0.6) is 0 Å². The number of nitrogens with zero attached hydrogens (tertiary/aromatic N) is 3. The third kappa shape index (κ3) is 4.96. The van der Waals surface area contributed by atoms with Gasteiger partial charge in [-0.3, -0.25) is 0 Å². The van der Waals surface area contributed by atoms with Crippen LogP contribution in [-0.2, 0) is 10.0 Å². The summed E-state index contributed by atoms with van der Waals surface area (Å²) in [6.07, 6.45) is 6.71. The van der Waals surface area contributed by atoms with Crippen LogP contribution in [0.3, 0.4) is 0 Å². The molecule has 0 spiro atoms. The fraction of sp³-hybridized carbons (Fsp3) is 0.737. The van der Waals surface area contributed by atoms with Gasteiger partial charge in [0.05, 0.1) is 0 Å². The molecule has 2 aliphatic rings. The fourth-order valence-electron chi connectivity index (χ4n) is 3.86. The van der Waals surface area contributed by atoms with Gasteiger partial charge in [-0.25, -0.2) is 13.4 Å². The Hall–Kier alpha value is -1.18. The van der Waals surface area contributed by atoms with Crippen molar-refractivity contribution in [2.75, 3.05) is 38.0 Å². The topological polar surface area (TPSA) is 65.5 Å². The average molecular weight is 381 g/mol. The lowest BCUT2D eigenvalue weighted by Crippen LogP contribution is -2.40. The van der Waals surface area contributed by atoms with Crippen molar-refractivity contribution in [2.24, 2.45) is 5.92 Å². The number of nitrogens with one attached hydrogen (secondary N) is 1. The summed E-state index contributed by atoms with van der Waals surface area (Å²) >= 11 is 0. The number of likely N-dealkylation sites (tertiary alicyclic amines) is 1. The second kappa shape index (κ2) is 8.67. The molecule has 1 aromatic rings. The van der Waals surface area contributed by atoms with Crippen LogP contribution < -0.4 is 5.32 Å². The van der Waals surface area contributed by atoms with Gasteiger partial charge in [0.2, 0.25) is 10.0 Å². The number of rotatable bonds is 6. The molecule has 2 aliphatic heterocycles. The average Bonchev–Trinajstić information content (AvgIpc) is 2.64. The van der Waals surface area contributed by atoms with Crippen LogP contribution in [0.1, 0.15) is 46.0 Å². The first-order chi connectivity index (χ1) is 12.4. The maximum Gasteiger partial charge on any atom is 0.244 e. The first kappa shape index (κ1) is 19.6. The first-order valence-corrected chi connectivity index (χ1v) is 11.3. The van der Waals surface area contributed by atoms with Gasteiger partial charge in [-0.05, 0) is 43.7 Å². The Balaban J connectivity index is 1.55. The van der Waals surface area contributed by atoms with E-state index in [1.807, 2.05) is 0 Å². The van der Waals surface area contributed by atoms with E-state index >= 15 is 0 Å². The van der Waals surface area contributed by atoms with Crippen molar-refractivity contribution in [3.05, 3.63) is 18.3 Å². The molecule has 3 heterocycles. The zero-order valence-corrected chi connectivity index (χ0v) is 16.8.